The maximum atomic E-state index is 13.1. The smallest absolute Gasteiger partial charge is 0.181 e. The predicted octanol–water partition coefficient (Wildman–Crippen LogP) is 2.83. The minimum Gasteiger partial charge on any atom is -0.382 e. The summed E-state index contributed by atoms with van der Waals surface area (Å²) in [6.07, 6.45) is 2.71. The van der Waals surface area contributed by atoms with Crippen molar-refractivity contribution in [1.82, 2.24) is 10.2 Å². The monoisotopic (exact) mass is 437 g/mol. The van der Waals surface area contributed by atoms with E-state index in [0.717, 1.165) is 16.6 Å². The summed E-state index contributed by atoms with van der Waals surface area (Å²) in [5.41, 5.74) is 0.884. The van der Waals surface area contributed by atoms with Crippen LogP contribution in [-0.4, -0.2) is 50.0 Å². The minimum atomic E-state index is -3.32. The number of likely N-dealkylation sites (N-methyl/N-ethyl adjacent to an activating group) is 1. The first kappa shape index (κ1) is 18.0. The van der Waals surface area contributed by atoms with Crippen LogP contribution in [-0.2, 0) is 9.84 Å². The Kier molecular flexibility index (Phi) is 4.04. The van der Waals surface area contributed by atoms with Crippen molar-refractivity contribution in [1.29, 1.82) is 0 Å². The second kappa shape index (κ2) is 5.83. The molecule has 5 nitrogen and oxygen atoms in total. The second-order valence-corrected chi connectivity index (χ2v) is 11.0. The molecule has 3 aliphatic rings. The van der Waals surface area contributed by atoms with Crippen molar-refractivity contribution >= 4 is 32.5 Å². The number of fused-ring (bicyclic) bond motifs is 4. The van der Waals surface area contributed by atoms with Gasteiger partial charge in [-0.25, -0.2) is 8.42 Å². The van der Waals surface area contributed by atoms with Crippen LogP contribution in [0.5, 0.6) is 0 Å². The van der Waals surface area contributed by atoms with Crippen molar-refractivity contribution in [2.75, 3.05) is 7.05 Å². The van der Waals surface area contributed by atoms with Crippen molar-refractivity contribution in [3.05, 3.63) is 40.6 Å². The molecule has 1 aromatic carbocycles. The molecule has 1 aliphatic heterocycles. The van der Waals surface area contributed by atoms with E-state index in [9.17, 15) is 8.42 Å². The Morgan fingerprint density at radius 3 is 2.65 bits per heavy atom. The highest BCUT2D eigenvalue weighted by molar-refractivity contribution is 9.10. The molecular formula is C19H24BrN3O2S. The molecule has 0 radical (unpaired) electrons. The Labute approximate surface area is 163 Å². The molecule has 0 amide bonds. The van der Waals surface area contributed by atoms with Crippen LogP contribution < -0.4 is 5.32 Å². The van der Waals surface area contributed by atoms with Gasteiger partial charge in [0.15, 0.2) is 9.84 Å². The van der Waals surface area contributed by atoms with E-state index in [1.165, 1.54) is 0 Å². The Balaban J connectivity index is 1.61. The fourth-order valence-electron chi connectivity index (χ4n) is 5.31. The first-order valence-electron chi connectivity index (χ1n) is 8.87. The van der Waals surface area contributed by atoms with Crippen LogP contribution in [0.1, 0.15) is 20.3 Å². The summed E-state index contributed by atoms with van der Waals surface area (Å²) in [7, 11) is -1.23. The van der Waals surface area contributed by atoms with Gasteiger partial charge in [0.2, 0.25) is 0 Å². The summed E-state index contributed by atoms with van der Waals surface area (Å²) in [5, 5.41) is 3.20. The van der Waals surface area contributed by atoms with E-state index in [0.29, 0.717) is 16.9 Å². The Morgan fingerprint density at radius 2 is 2.04 bits per heavy atom. The Bertz CT molecular complexity index is 883. The largest absolute Gasteiger partial charge is 0.382 e. The van der Waals surface area contributed by atoms with Gasteiger partial charge in [0.1, 0.15) is 0 Å². The van der Waals surface area contributed by atoms with Crippen molar-refractivity contribution < 1.29 is 8.42 Å². The van der Waals surface area contributed by atoms with Gasteiger partial charge in [0.25, 0.3) is 0 Å². The number of hydrogen-bond acceptors (Lipinski definition) is 5. The number of nitrogens with zero attached hydrogens (tertiary/aromatic N) is 2. The van der Waals surface area contributed by atoms with Crippen LogP contribution in [0.15, 0.2) is 50.5 Å². The van der Waals surface area contributed by atoms with Gasteiger partial charge in [-0.3, -0.25) is 4.99 Å². The molecule has 4 rings (SSSR count). The molecule has 0 aromatic heterocycles. The van der Waals surface area contributed by atoms with Crippen molar-refractivity contribution in [3.8, 4) is 0 Å². The van der Waals surface area contributed by atoms with Gasteiger partial charge in [-0.15, -0.1) is 0 Å². The molecule has 0 bridgehead atoms. The summed E-state index contributed by atoms with van der Waals surface area (Å²) < 4.78 is 27.2. The number of hydrogen-bond donors (Lipinski definition) is 1. The lowest BCUT2D eigenvalue weighted by Gasteiger charge is -2.72. The molecule has 6 atom stereocenters. The zero-order valence-electron chi connectivity index (χ0n) is 15.2. The van der Waals surface area contributed by atoms with Gasteiger partial charge in [-0.05, 0) is 57.2 Å². The quantitative estimate of drug-likeness (QED) is 0.735. The highest BCUT2D eigenvalue weighted by Gasteiger charge is 2.72. The summed E-state index contributed by atoms with van der Waals surface area (Å²) >= 11 is 3.37. The molecular weight excluding hydrogens is 414 g/mol. The maximum absolute atomic E-state index is 13.1. The van der Waals surface area contributed by atoms with Crippen molar-refractivity contribution in [2.24, 2.45) is 16.8 Å². The number of halogens is 1. The van der Waals surface area contributed by atoms with E-state index in [1.807, 2.05) is 13.1 Å². The average Bonchev–Trinajstić information content (AvgIpc) is 2.56. The third-order valence-corrected chi connectivity index (χ3v) is 9.42. The average molecular weight is 438 g/mol. The standard InChI is InChI=1S/C19H24BrN3O2S/c1-11(21-3)15-10-22-19(2)17-14(18(19)23(15)4)9-16(17)26(24,25)13-7-5-12(20)6-8-13/h5-8,10-11,14,16-18,22H,3,9H2,1-2,4H3/t11?,14?,16?,17?,18?,19-/m1/s1. The molecule has 0 spiro atoms. The topological polar surface area (TPSA) is 61.8 Å². The van der Waals surface area contributed by atoms with E-state index >= 15 is 0 Å². The molecule has 1 N–H and O–H groups in total. The van der Waals surface area contributed by atoms with E-state index in [2.05, 4.69) is 51.8 Å². The lowest BCUT2D eigenvalue weighted by molar-refractivity contribution is -0.138. The normalized spacial score (nSPS) is 36.5. The zero-order chi connectivity index (χ0) is 18.9. The molecule has 0 saturated heterocycles. The van der Waals surface area contributed by atoms with E-state index < -0.39 is 9.84 Å². The van der Waals surface area contributed by atoms with E-state index in [-0.39, 0.29) is 22.7 Å². The van der Waals surface area contributed by atoms with Crippen LogP contribution >= 0.6 is 15.9 Å². The Morgan fingerprint density at radius 1 is 1.38 bits per heavy atom. The number of rotatable bonds is 4. The lowest BCUT2D eigenvalue weighted by Crippen LogP contribution is -2.84. The number of benzene rings is 1. The first-order chi connectivity index (χ1) is 12.2. The van der Waals surface area contributed by atoms with Crippen LogP contribution in [0, 0.1) is 11.8 Å². The first-order valence-corrected chi connectivity index (χ1v) is 11.2. The molecule has 5 unspecified atom stereocenters. The second-order valence-electron chi connectivity index (χ2n) is 7.87. The van der Waals surface area contributed by atoms with Crippen LogP contribution in [0.4, 0.5) is 0 Å². The van der Waals surface area contributed by atoms with Crippen LogP contribution in [0.2, 0.25) is 0 Å². The molecule has 2 fully saturated rings. The van der Waals surface area contributed by atoms with Crippen LogP contribution in [0.3, 0.4) is 0 Å². The SMILES string of the molecule is C=NC(C)C1=CN[C@]2(C)C3C(CC3S(=O)(=O)c3ccc(Br)cc3)C2N1C. The van der Waals surface area contributed by atoms with E-state index in [4.69, 9.17) is 0 Å². The fourth-order valence-corrected chi connectivity index (χ4v) is 7.79. The predicted molar refractivity (Wildman–Crippen MR) is 107 cm³/mol. The summed E-state index contributed by atoms with van der Waals surface area (Å²) in [6.45, 7) is 7.83. The molecule has 7 heteroatoms. The molecule has 2 aliphatic carbocycles. The van der Waals surface area contributed by atoms with Gasteiger partial charge in [-0.2, -0.15) is 0 Å². The number of nitrogens with one attached hydrogen (secondary N) is 1. The van der Waals surface area contributed by atoms with Gasteiger partial charge in [0.05, 0.1) is 33.5 Å². The fraction of sp³-hybridized carbons (Fsp3) is 0.526. The maximum Gasteiger partial charge on any atom is 0.181 e. The summed E-state index contributed by atoms with van der Waals surface area (Å²) in [4.78, 5) is 6.83. The number of sulfone groups is 1. The highest BCUT2D eigenvalue weighted by atomic mass is 79.9. The van der Waals surface area contributed by atoms with Crippen LogP contribution in [0.25, 0.3) is 0 Å². The van der Waals surface area contributed by atoms with Crippen molar-refractivity contribution in [3.63, 3.8) is 0 Å². The summed E-state index contributed by atoms with van der Waals surface area (Å²) in [6, 6.07) is 7.30. The number of aliphatic imine (C=N–C) groups is 1. The van der Waals surface area contributed by atoms with E-state index in [1.54, 1.807) is 24.3 Å². The molecule has 2 saturated carbocycles. The molecule has 1 heterocycles. The van der Waals surface area contributed by atoms with Gasteiger partial charge < -0.3 is 10.2 Å². The van der Waals surface area contributed by atoms with Gasteiger partial charge in [-0.1, -0.05) is 15.9 Å². The lowest BCUT2D eigenvalue weighted by atomic mass is 9.45. The third-order valence-electron chi connectivity index (χ3n) is 6.68. The molecule has 1 aromatic rings. The van der Waals surface area contributed by atoms with Gasteiger partial charge >= 0.3 is 0 Å². The van der Waals surface area contributed by atoms with Gasteiger partial charge in [0, 0.05) is 23.6 Å². The highest BCUT2D eigenvalue weighted by Crippen LogP contribution is 2.62. The summed E-state index contributed by atoms with van der Waals surface area (Å²) in [5.74, 6) is 0.529. The van der Waals surface area contributed by atoms with Crippen molar-refractivity contribution in [2.45, 2.75) is 48.0 Å². The third kappa shape index (κ3) is 2.26. The molecule has 26 heavy (non-hydrogen) atoms. The minimum absolute atomic E-state index is 0.0264. The zero-order valence-corrected chi connectivity index (χ0v) is 17.6. The molecule has 140 valence electrons. The Hall–Kier alpha value is -1.34.